The van der Waals surface area contributed by atoms with Crippen LogP contribution in [0.5, 0.6) is 0 Å². The van der Waals surface area contributed by atoms with Crippen LogP contribution in [0.1, 0.15) is 26.8 Å². The average molecular weight is 386 g/mol. The molecule has 0 bridgehead atoms. The minimum absolute atomic E-state index is 0.0383. The first-order valence-corrected chi connectivity index (χ1v) is 9.49. The van der Waals surface area contributed by atoms with Gasteiger partial charge in [0.25, 0.3) is 5.91 Å². The maximum absolute atomic E-state index is 12.4. The number of urea groups is 1. The van der Waals surface area contributed by atoms with Crippen molar-refractivity contribution in [2.75, 3.05) is 27.2 Å². The first kappa shape index (κ1) is 19.1. The summed E-state index contributed by atoms with van der Waals surface area (Å²) in [6, 6.07) is 10.7. The lowest BCUT2D eigenvalue weighted by atomic mass is 10.1. The summed E-state index contributed by atoms with van der Waals surface area (Å²) < 4.78 is 0. The first-order chi connectivity index (χ1) is 13.0. The second kappa shape index (κ2) is 8.32. The van der Waals surface area contributed by atoms with Crippen molar-refractivity contribution in [3.05, 3.63) is 57.8 Å². The van der Waals surface area contributed by atoms with E-state index >= 15 is 0 Å². The van der Waals surface area contributed by atoms with Gasteiger partial charge in [-0.15, -0.1) is 11.3 Å². The Balaban J connectivity index is 1.59. The van der Waals surface area contributed by atoms with Gasteiger partial charge in [0, 0.05) is 17.0 Å². The van der Waals surface area contributed by atoms with Crippen molar-refractivity contribution in [2.45, 2.75) is 12.6 Å². The number of carbonyl (C=O) groups is 3. The van der Waals surface area contributed by atoms with E-state index in [1.165, 1.54) is 4.88 Å². The Morgan fingerprint density at radius 2 is 2.00 bits per heavy atom. The normalized spacial score (nSPS) is 15.1. The molecular formula is C19H22N4O3S. The molecule has 142 valence electrons. The highest BCUT2D eigenvalue weighted by atomic mass is 32.1. The van der Waals surface area contributed by atoms with Crippen LogP contribution in [0.3, 0.4) is 0 Å². The summed E-state index contributed by atoms with van der Waals surface area (Å²) in [5, 5.41) is 7.49. The second-order valence-corrected chi connectivity index (χ2v) is 7.52. The predicted octanol–water partition coefficient (Wildman–Crippen LogP) is 1.83. The fraction of sp³-hybridized carbons (Fsp3) is 0.316. The fourth-order valence-corrected chi connectivity index (χ4v) is 3.79. The third-order valence-electron chi connectivity index (χ3n) is 4.44. The number of likely N-dealkylation sites (N-methyl/N-ethyl adjacent to an activating group) is 1. The third-order valence-corrected chi connectivity index (χ3v) is 5.42. The summed E-state index contributed by atoms with van der Waals surface area (Å²) in [4.78, 5) is 40.1. The number of thiophene rings is 1. The van der Waals surface area contributed by atoms with Gasteiger partial charge in [0.15, 0.2) is 0 Å². The molecule has 1 aromatic carbocycles. The highest BCUT2D eigenvalue weighted by Crippen LogP contribution is 2.22. The Morgan fingerprint density at radius 1 is 1.26 bits per heavy atom. The van der Waals surface area contributed by atoms with Crippen molar-refractivity contribution < 1.29 is 14.4 Å². The molecule has 1 saturated heterocycles. The predicted molar refractivity (Wildman–Crippen MR) is 103 cm³/mol. The molecule has 0 radical (unpaired) electrons. The van der Waals surface area contributed by atoms with E-state index in [9.17, 15) is 14.4 Å². The average Bonchev–Trinajstić information content (AvgIpc) is 3.28. The highest BCUT2D eigenvalue weighted by molar-refractivity contribution is 7.10. The minimum atomic E-state index is -0.384. The lowest BCUT2D eigenvalue weighted by Crippen LogP contribution is -2.34. The molecule has 3 rings (SSSR count). The number of hydrogen-bond acceptors (Lipinski definition) is 5. The molecule has 8 heteroatoms. The topological polar surface area (TPSA) is 81.8 Å². The first-order valence-electron chi connectivity index (χ1n) is 8.61. The monoisotopic (exact) mass is 386 g/mol. The maximum atomic E-state index is 12.4. The summed E-state index contributed by atoms with van der Waals surface area (Å²) in [5.41, 5.74) is 1.33. The molecule has 1 atom stereocenters. The fourth-order valence-electron chi connectivity index (χ4n) is 2.87. The Hall–Kier alpha value is -2.71. The SMILES string of the molecule is CN(C)C(CNC(=O)c1ccc(CN2C(=O)CNC2=O)cc1)c1cccs1. The summed E-state index contributed by atoms with van der Waals surface area (Å²) in [6.07, 6.45) is 0. The number of nitrogens with zero attached hydrogens (tertiary/aromatic N) is 2. The van der Waals surface area contributed by atoms with Crippen LogP contribution in [0, 0.1) is 0 Å². The summed E-state index contributed by atoms with van der Waals surface area (Å²) in [6.45, 7) is 0.751. The van der Waals surface area contributed by atoms with Gasteiger partial charge in [-0.25, -0.2) is 4.79 Å². The molecule has 7 nitrogen and oxygen atoms in total. The number of amides is 4. The smallest absolute Gasteiger partial charge is 0.324 e. The number of carbonyl (C=O) groups excluding carboxylic acids is 3. The van der Waals surface area contributed by atoms with Crippen molar-refractivity contribution >= 4 is 29.2 Å². The van der Waals surface area contributed by atoms with Crippen molar-refractivity contribution in [1.82, 2.24) is 20.4 Å². The van der Waals surface area contributed by atoms with Crippen LogP contribution in [0.25, 0.3) is 0 Å². The van der Waals surface area contributed by atoms with Crippen molar-refractivity contribution in [1.29, 1.82) is 0 Å². The molecule has 4 amide bonds. The summed E-state index contributed by atoms with van der Waals surface area (Å²) >= 11 is 1.67. The molecule has 0 saturated carbocycles. The summed E-state index contributed by atoms with van der Waals surface area (Å²) in [5.74, 6) is -0.398. The van der Waals surface area contributed by atoms with Crippen molar-refractivity contribution in [3.8, 4) is 0 Å². The van der Waals surface area contributed by atoms with Gasteiger partial charge in [-0.1, -0.05) is 18.2 Å². The Bertz CT molecular complexity index is 802. The van der Waals surface area contributed by atoms with Gasteiger partial charge in [0.2, 0.25) is 5.91 Å². The largest absolute Gasteiger partial charge is 0.350 e. The van der Waals surface area contributed by atoms with Gasteiger partial charge in [-0.05, 0) is 43.2 Å². The molecule has 27 heavy (non-hydrogen) atoms. The Kier molecular flexibility index (Phi) is 5.88. The molecule has 2 aromatic rings. The Morgan fingerprint density at radius 3 is 2.56 bits per heavy atom. The number of nitrogens with one attached hydrogen (secondary N) is 2. The number of imide groups is 1. The van der Waals surface area contributed by atoms with Crippen LogP contribution in [0.2, 0.25) is 0 Å². The lowest BCUT2D eigenvalue weighted by molar-refractivity contribution is -0.125. The van der Waals surface area contributed by atoms with Gasteiger partial charge in [0.1, 0.15) is 0 Å². The van der Waals surface area contributed by atoms with Gasteiger partial charge in [-0.2, -0.15) is 0 Å². The molecule has 1 aliphatic rings. The highest BCUT2D eigenvalue weighted by Gasteiger charge is 2.28. The van der Waals surface area contributed by atoms with Crippen LogP contribution in [-0.2, 0) is 11.3 Å². The maximum Gasteiger partial charge on any atom is 0.324 e. The zero-order valence-corrected chi connectivity index (χ0v) is 16.1. The molecule has 0 spiro atoms. The number of hydrogen-bond donors (Lipinski definition) is 2. The molecule has 2 heterocycles. The van der Waals surface area contributed by atoms with Crippen LogP contribution in [0.15, 0.2) is 41.8 Å². The van der Waals surface area contributed by atoms with Gasteiger partial charge < -0.3 is 15.5 Å². The van der Waals surface area contributed by atoms with Crippen LogP contribution in [0.4, 0.5) is 4.79 Å². The lowest BCUT2D eigenvalue weighted by Gasteiger charge is -2.23. The molecular weight excluding hydrogens is 364 g/mol. The van der Waals surface area contributed by atoms with Gasteiger partial charge >= 0.3 is 6.03 Å². The molecule has 1 aliphatic heterocycles. The summed E-state index contributed by atoms with van der Waals surface area (Å²) in [7, 11) is 3.97. The van der Waals surface area contributed by atoms with Crippen LogP contribution in [-0.4, -0.2) is 54.8 Å². The standard InChI is InChI=1S/C19H22N4O3S/c1-22(2)15(16-4-3-9-27-16)10-20-18(25)14-7-5-13(6-8-14)12-23-17(24)11-21-19(23)26/h3-9,15H,10-12H2,1-2H3,(H,20,25)(H,21,26). The van der Waals surface area contributed by atoms with E-state index < -0.39 is 0 Å². The van der Waals surface area contributed by atoms with E-state index in [-0.39, 0.29) is 37.0 Å². The van der Waals surface area contributed by atoms with Gasteiger partial charge in [-0.3, -0.25) is 14.5 Å². The zero-order valence-electron chi connectivity index (χ0n) is 15.3. The van der Waals surface area contributed by atoms with Crippen molar-refractivity contribution in [3.63, 3.8) is 0 Å². The number of rotatable bonds is 7. The quantitative estimate of drug-likeness (QED) is 0.712. The molecule has 2 N–H and O–H groups in total. The molecule has 1 unspecified atom stereocenters. The van der Waals surface area contributed by atoms with E-state index in [0.717, 1.165) is 10.5 Å². The minimum Gasteiger partial charge on any atom is -0.350 e. The van der Waals surface area contributed by atoms with Gasteiger partial charge in [0.05, 0.1) is 19.1 Å². The van der Waals surface area contributed by atoms with E-state index in [4.69, 9.17) is 0 Å². The third kappa shape index (κ3) is 4.53. The zero-order chi connectivity index (χ0) is 19.4. The van der Waals surface area contributed by atoms with E-state index in [1.54, 1.807) is 35.6 Å². The molecule has 0 aliphatic carbocycles. The van der Waals surface area contributed by atoms with E-state index in [1.807, 2.05) is 25.5 Å². The van der Waals surface area contributed by atoms with Crippen LogP contribution >= 0.6 is 11.3 Å². The van der Waals surface area contributed by atoms with Crippen LogP contribution < -0.4 is 10.6 Å². The van der Waals surface area contributed by atoms with E-state index in [2.05, 4.69) is 21.6 Å². The number of benzene rings is 1. The second-order valence-electron chi connectivity index (χ2n) is 6.54. The molecule has 1 fully saturated rings. The van der Waals surface area contributed by atoms with E-state index in [0.29, 0.717) is 12.1 Å². The molecule has 1 aromatic heterocycles. The Labute approximate surface area is 162 Å². The van der Waals surface area contributed by atoms with Crippen molar-refractivity contribution in [2.24, 2.45) is 0 Å².